The Balaban J connectivity index is 1.85. The molecule has 1 atom stereocenters. The van der Waals surface area contributed by atoms with Crippen LogP contribution in [0.3, 0.4) is 0 Å². The molecule has 1 aromatic carbocycles. The van der Waals surface area contributed by atoms with E-state index in [2.05, 4.69) is 66.4 Å². The average molecular weight is 325 g/mol. The Morgan fingerprint density at radius 2 is 1.83 bits per heavy atom. The van der Waals surface area contributed by atoms with Crippen molar-refractivity contribution in [3.05, 3.63) is 42.7 Å². The monoisotopic (exact) mass is 325 g/mol. The maximum atomic E-state index is 4.47. The zero-order chi connectivity index (χ0) is 16.2. The molecule has 2 aromatic heterocycles. The normalized spacial score (nSPS) is 12.7. The summed E-state index contributed by atoms with van der Waals surface area (Å²) in [4.78, 5) is 11.2. The first-order chi connectivity index (χ1) is 11.1. The van der Waals surface area contributed by atoms with Crippen LogP contribution in [-0.2, 0) is 0 Å². The molecule has 0 radical (unpaired) electrons. The first-order valence-corrected chi connectivity index (χ1v) is 9.01. The molecule has 0 amide bonds. The van der Waals surface area contributed by atoms with Crippen LogP contribution in [0.4, 0.5) is 5.82 Å². The van der Waals surface area contributed by atoms with Crippen molar-refractivity contribution in [2.75, 3.05) is 5.32 Å². The molecule has 0 aliphatic rings. The van der Waals surface area contributed by atoms with E-state index in [9.17, 15) is 0 Å². The average Bonchev–Trinajstić information content (AvgIpc) is 2.99. The van der Waals surface area contributed by atoms with Gasteiger partial charge < -0.3 is 5.32 Å². The number of anilines is 1. The highest BCUT2D eigenvalue weighted by molar-refractivity contribution is 7.21. The zero-order valence-corrected chi connectivity index (χ0v) is 14.7. The lowest BCUT2D eigenvalue weighted by Gasteiger charge is -2.15. The number of rotatable bonds is 6. The van der Waals surface area contributed by atoms with Crippen LogP contribution in [0.25, 0.3) is 20.7 Å². The van der Waals surface area contributed by atoms with Crippen LogP contribution in [-0.4, -0.2) is 16.0 Å². The van der Waals surface area contributed by atoms with Crippen molar-refractivity contribution in [2.24, 2.45) is 5.92 Å². The van der Waals surface area contributed by atoms with Gasteiger partial charge in [0.1, 0.15) is 17.0 Å². The molecule has 0 saturated heterocycles. The van der Waals surface area contributed by atoms with Gasteiger partial charge in [0.25, 0.3) is 0 Å². The Hall–Kier alpha value is -1.94. The third kappa shape index (κ3) is 3.88. The van der Waals surface area contributed by atoms with Gasteiger partial charge in [-0.1, -0.05) is 44.2 Å². The molecule has 1 N–H and O–H groups in total. The Morgan fingerprint density at radius 3 is 2.57 bits per heavy atom. The summed E-state index contributed by atoms with van der Waals surface area (Å²) in [6, 6.07) is 13.1. The molecule has 23 heavy (non-hydrogen) atoms. The van der Waals surface area contributed by atoms with Gasteiger partial charge >= 0.3 is 0 Å². The first-order valence-electron chi connectivity index (χ1n) is 8.20. The molecular formula is C19H23N3S. The molecule has 0 bridgehead atoms. The van der Waals surface area contributed by atoms with Crippen molar-refractivity contribution >= 4 is 27.4 Å². The standard InChI is InChI=1S/C19H23N3S/c1-13(2)9-10-14(3)22-18-16-11-17(15-7-5-4-6-8-15)23-19(16)21-12-20-18/h4-8,11-14H,9-10H2,1-3H3,(H,20,21,22)/t14-/m1/s1. The van der Waals surface area contributed by atoms with Crippen LogP contribution in [0.5, 0.6) is 0 Å². The van der Waals surface area contributed by atoms with Gasteiger partial charge in [-0.15, -0.1) is 11.3 Å². The van der Waals surface area contributed by atoms with Crippen molar-refractivity contribution in [1.82, 2.24) is 9.97 Å². The molecule has 2 heterocycles. The number of thiophene rings is 1. The van der Waals surface area contributed by atoms with Crippen molar-refractivity contribution < 1.29 is 0 Å². The second-order valence-corrected chi connectivity index (χ2v) is 7.47. The molecular weight excluding hydrogens is 302 g/mol. The predicted octanol–water partition coefficient (Wildman–Crippen LogP) is 5.59. The summed E-state index contributed by atoms with van der Waals surface area (Å²) < 4.78 is 0. The van der Waals surface area contributed by atoms with E-state index in [1.54, 1.807) is 17.7 Å². The van der Waals surface area contributed by atoms with Gasteiger partial charge in [-0.2, -0.15) is 0 Å². The van der Waals surface area contributed by atoms with Crippen LogP contribution in [0.2, 0.25) is 0 Å². The fourth-order valence-electron chi connectivity index (χ4n) is 2.60. The second kappa shape index (κ2) is 7.09. The van der Waals surface area contributed by atoms with Crippen molar-refractivity contribution in [3.63, 3.8) is 0 Å². The Bertz CT molecular complexity index is 765. The van der Waals surface area contributed by atoms with Crippen molar-refractivity contribution in [3.8, 4) is 10.4 Å². The van der Waals surface area contributed by atoms with Gasteiger partial charge in [-0.05, 0) is 37.3 Å². The molecule has 0 aliphatic heterocycles. The number of fused-ring (bicyclic) bond motifs is 1. The lowest BCUT2D eigenvalue weighted by molar-refractivity contribution is 0.527. The van der Waals surface area contributed by atoms with Crippen molar-refractivity contribution in [2.45, 2.75) is 39.7 Å². The zero-order valence-electron chi connectivity index (χ0n) is 13.9. The van der Waals surface area contributed by atoms with E-state index in [1.807, 2.05) is 6.07 Å². The summed E-state index contributed by atoms with van der Waals surface area (Å²) in [6.07, 6.45) is 4.03. The molecule has 0 spiro atoms. The van der Waals surface area contributed by atoms with Gasteiger partial charge in [0.15, 0.2) is 0 Å². The van der Waals surface area contributed by atoms with Gasteiger partial charge in [0.05, 0.1) is 5.39 Å². The fraction of sp³-hybridized carbons (Fsp3) is 0.368. The molecule has 3 aromatic rings. The lowest BCUT2D eigenvalue weighted by Crippen LogP contribution is -2.16. The SMILES string of the molecule is CC(C)CC[C@@H](C)Nc1ncnc2sc(-c3ccccc3)cc12. The summed E-state index contributed by atoms with van der Waals surface area (Å²) in [5, 5.41) is 4.68. The molecule has 0 aliphatic carbocycles. The van der Waals surface area contributed by atoms with E-state index in [-0.39, 0.29) is 0 Å². The molecule has 0 saturated carbocycles. The van der Waals surface area contributed by atoms with Crippen LogP contribution >= 0.6 is 11.3 Å². The maximum absolute atomic E-state index is 4.47. The van der Waals surface area contributed by atoms with Crippen molar-refractivity contribution in [1.29, 1.82) is 0 Å². The Morgan fingerprint density at radius 1 is 1.04 bits per heavy atom. The highest BCUT2D eigenvalue weighted by atomic mass is 32.1. The maximum Gasteiger partial charge on any atom is 0.138 e. The van der Waals surface area contributed by atoms with E-state index in [4.69, 9.17) is 0 Å². The van der Waals surface area contributed by atoms with E-state index in [1.165, 1.54) is 16.9 Å². The summed E-state index contributed by atoms with van der Waals surface area (Å²) in [6.45, 7) is 6.75. The van der Waals surface area contributed by atoms with Gasteiger partial charge in [-0.3, -0.25) is 0 Å². The molecule has 0 fully saturated rings. The third-order valence-corrected chi connectivity index (χ3v) is 5.04. The van der Waals surface area contributed by atoms with Crippen LogP contribution < -0.4 is 5.32 Å². The summed E-state index contributed by atoms with van der Waals surface area (Å²) in [5.74, 6) is 1.68. The van der Waals surface area contributed by atoms with E-state index < -0.39 is 0 Å². The predicted molar refractivity (Wildman–Crippen MR) is 100 cm³/mol. The fourth-order valence-corrected chi connectivity index (χ4v) is 3.61. The van der Waals surface area contributed by atoms with Crippen LogP contribution in [0, 0.1) is 5.92 Å². The highest BCUT2D eigenvalue weighted by Gasteiger charge is 2.12. The summed E-state index contributed by atoms with van der Waals surface area (Å²) >= 11 is 1.72. The number of nitrogens with zero attached hydrogens (tertiary/aromatic N) is 2. The van der Waals surface area contributed by atoms with Gasteiger partial charge in [0.2, 0.25) is 0 Å². The van der Waals surface area contributed by atoms with E-state index in [0.717, 1.165) is 28.4 Å². The molecule has 3 nitrogen and oxygen atoms in total. The summed E-state index contributed by atoms with van der Waals surface area (Å²) in [5.41, 5.74) is 1.23. The minimum absolute atomic E-state index is 0.413. The molecule has 3 rings (SSSR count). The van der Waals surface area contributed by atoms with Crippen LogP contribution in [0.15, 0.2) is 42.7 Å². The smallest absolute Gasteiger partial charge is 0.138 e. The molecule has 0 unspecified atom stereocenters. The second-order valence-electron chi connectivity index (χ2n) is 6.43. The minimum Gasteiger partial charge on any atom is -0.367 e. The number of hydrogen-bond acceptors (Lipinski definition) is 4. The van der Waals surface area contributed by atoms with Gasteiger partial charge in [0, 0.05) is 10.9 Å². The molecule has 120 valence electrons. The molecule has 4 heteroatoms. The topological polar surface area (TPSA) is 37.8 Å². The Labute approximate surface area is 141 Å². The number of nitrogens with one attached hydrogen (secondary N) is 1. The number of aromatic nitrogens is 2. The quantitative estimate of drug-likeness (QED) is 0.641. The number of benzene rings is 1. The van der Waals surface area contributed by atoms with Gasteiger partial charge in [-0.25, -0.2) is 9.97 Å². The summed E-state index contributed by atoms with van der Waals surface area (Å²) in [7, 11) is 0. The minimum atomic E-state index is 0.413. The highest BCUT2D eigenvalue weighted by Crippen LogP contribution is 2.35. The van der Waals surface area contributed by atoms with E-state index in [0.29, 0.717) is 6.04 Å². The first kappa shape index (κ1) is 15.9. The largest absolute Gasteiger partial charge is 0.367 e. The van der Waals surface area contributed by atoms with E-state index >= 15 is 0 Å². The third-order valence-electron chi connectivity index (χ3n) is 3.95. The Kier molecular flexibility index (Phi) is 4.91. The van der Waals surface area contributed by atoms with Crippen LogP contribution in [0.1, 0.15) is 33.6 Å². The number of hydrogen-bond donors (Lipinski definition) is 1. The lowest BCUT2D eigenvalue weighted by atomic mass is 10.0.